The number of hydrogen-bond acceptors (Lipinski definition) is 7. The molecule has 170 valence electrons. The van der Waals surface area contributed by atoms with Crippen molar-refractivity contribution in [2.75, 3.05) is 26.2 Å². The van der Waals surface area contributed by atoms with Crippen LogP contribution in [-0.2, 0) is 24.3 Å². The number of benzene rings is 1. The van der Waals surface area contributed by atoms with Gasteiger partial charge in [0.15, 0.2) is 6.10 Å². The Morgan fingerprint density at radius 1 is 1.26 bits per heavy atom. The van der Waals surface area contributed by atoms with E-state index in [1.165, 1.54) is 23.4 Å². The summed E-state index contributed by atoms with van der Waals surface area (Å²) in [5.41, 5.74) is -0.0807. The molecule has 10 nitrogen and oxygen atoms in total. The monoisotopic (exact) mass is 473 g/mol. The molecule has 2 saturated heterocycles. The predicted octanol–water partition coefficient (Wildman–Crippen LogP) is 1.24. The van der Waals surface area contributed by atoms with E-state index in [1.54, 1.807) is 13.8 Å². The average Bonchev–Trinajstić information content (AvgIpc) is 3.12. The van der Waals surface area contributed by atoms with Crippen molar-refractivity contribution in [1.29, 1.82) is 0 Å². The van der Waals surface area contributed by atoms with Crippen LogP contribution in [0, 0.1) is 0 Å². The Balaban J connectivity index is 1.79. The van der Waals surface area contributed by atoms with Crippen LogP contribution in [0.25, 0.3) is 0 Å². The smallest absolute Gasteiger partial charge is 0.338 e. The van der Waals surface area contributed by atoms with Crippen molar-refractivity contribution in [2.24, 2.45) is 0 Å². The van der Waals surface area contributed by atoms with Gasteiger partial charge in [-0.3, -0.25) is 9.69 Å². The number of hydrogen-bond donors (Lipinski definition) is 1. The van der Waals surface area contributed by atoms with Gasteiger partial charge in [-0.05, 0) is 39.0 Å². The van der Waals surface area contributed by atoms with Gasteiger partial charge < -0.3 is 14.8 Å². The van der Waals surface area contributed by atoms with Gasteiger partial charge in [-0.2, -0.15) is 4.31 Å². The summed E-state index contributed by atoms with van der Waals surface area (Å²) in [5, 5.41) is 2.45. The molecule has 1 aromatic carbocycles. The molecule has 12 heteroatoms. The van der Waals surface area contributed by atoms with E-state index in [4.69, 9.17) is 21.1 Å². The lowest BCUT2D eigenvalue weighted by atomic mass is 10.2. The number of ether oxygens (including phenoxy) is 2. The van der Waals surface area contributed by atoms with Crippen molar-refractivity contribution in [3.63, 3.8) is 0 Å². The summed E-state index contributed by atoms with van der Waals surface area (Å²) in [7, 11) is -3.99. The second-order valence-electron chi connectivity index (χ2n) is 7.49. The van der Waals surface area contributed by atoms with E-state index in [2.05, 4.69) is 5.32 Å². The van der Waals surface area contributed by atoms with Crippen LogP contribution in [0.1, 0.15) is 31.1 Å². The highest BCUT2D eigenvalue weighted by atomic mass is 35.5. The number of esters is 1. The van der Waals surface area contributed by atoms with Crippen molar-refractivity contribution in [1.82, 2.24) is 14.5 Å². The largest absolute Gasteiger partial charge is 0.449 e. The lowest BCUT2D eigenvalue weighted by molar-refractivity contribution is -0.136. The first kappa shape index (κ1) is 23.5. The van der Waals surface area contributed by atoms with Gasteiger partial charge in [0.2, 0.25) is 10.0 Å². The minimum Gasteiger partial charge on any atom is -0.449 e. The fraction of sp³-hybridized carbons (Fsp3) is 0.526. The molecule has 2 aliphatic rings. The quantitative estimate of drug-likeness (QED) is 0.638. The van der Waals surface area contributed by atoms with Crippen LogP contribution in [0.15, 0.2) is 23.1 Å². The second kappa shape index (κ2) is 9.11. The van der Waals surface area contributed by atoms with Crippen molar-refractivity contribution in [3.8, 4) is 0 Å². The molecule has 0 aromatic heterocycles. The Kier molecular flexibility index (Phi) is 6.89. The molecule has 0 unspecified atom stereocenters. The first-order valence-electron chi connectivity index (χ1n) is 9.76. The number of imide groups is 1. The molecular formula is C19H24ClN3O7S. The molecule has 0 bridgehead atoms. The normalized spacial score (nSPS) is 23.4. The average molecular weight is 474 g/mol. The third kappa shape index (κ3) is 5.00. The number of amides is 3. The zero-order chi connectivity index (χ0) is 22.9. The maximum absolute atomic E-state index is 13.1. The topological polar surface area (TPSA) is 122 Å². The van der Waals surface area contributed by atoms with Gasteiger partial charge in [0.05, 0.1) is 22.8 Å². The summed E-state index contributed by atoms with van der Waals surface area (Å²) < 4.78 is 38.3. The lowest BCUT2D eigenvalue weighted by Crippen LogP contribution is -2.48. The fourth-order valence-electron chi connectivity index (χ4n) is 3.47. The zero-order valence-electron chi connectivity index (χ0n) is 17.3. The number of rotatable bonds is 5. The SMILES string of the molecule is C[C@@H]1CN(S(=O)(=O)c2cc(C(=O)O[C@@H](C)C(=O)N3CCNC3=O)ccc2Cl)C[C@@H](C)O1. The van der Waals surface area contributed by atoms with Gasteiger partial charge >= 0.3 is 12.0 Å². The summed E-state index contributed by atoms with van der Waals surface area (Å²) >= 11 is 6.14. The highest BCUT2D eigenvalue weighted by Gasteiger charge is 2.35. The van der Waals surface area contributed by atoms with Crippen LogP contribution < -0.4 is 5.32 Å². The maximum atomic E-state index is 13.1. The van der Waals surface area contributed by atoms with E-state index in [-0.39, 0.29) is 47.3 Å². The van der Waals surface area contributed by atoms with E-state index in [0.29, 0.717) is 6.54 Å². The van der Waals surface area contributed by atoms with Gasteiger partial charge in [-0.1, -0.05) is 11.6 Å². The molecule has 2 aliphatic heterocycles. The van der Waals surface area contributed by atoms with Gasteiger partial charge in [-0.15, -0.1) is 0 Å². The first-order chi connectivity index (χ1) is 14.5. The molecule has 31 heavy (non-hydrogen) atoms. The number of urea groups is 1. The molecule has 2 heterocycles. The summed E-state index contributed by atoms with van der Waals surface area (Å²) in [6.45, 7) is 5.69. The van der Waals surface area contributed by atoms with Crippen LogP contribution >= 0.6 is 11.6 Å². The summed E-state index contributed by atoms with van der Waals surface area (Å²) in [6, 6.07) is 3.18. The van der Waals surface area contributed by atoms with Crippen LogP contribution in [0.5, 0.6) is 0 Å². The third-order valence-electron chi connectivity index (χ3n) is 4.93. The van der Waals surface area contributed by atoms with Crippen molar-refractivity contribution >= 4 is 39.5 Å². The molecule has 3 atom stereocenters. The Hall–Kier alpha value is -2.21. The first-order valence-corrected chi connectivity index (χ1v) is 11.6. The number of carbonyl (C=O) groups excluding carboxylic acids is 3. The fourth-order valence-corrected chi connectivity index (χ4v) is 5.57. The van der Waals surface area contributed by atoms with E-state index in [1.807, 2.05) is 0 Å². The van der Waals surface area contributed by atoms with Crippen LogP contribution in [0.4, 0.5) is 4.79 Å². The van der Waals surface area contributed by atoms with Crippen LogP contribution in [0.2, 0.25) is 5.02 Å². The van der Waals surface area contributed by atoms with Gasteiger partial charge in [0.1, 0.15) is 4.90 Å². The number of nitrogens with one attached hydrogen (secondary N) is 1. The lowest BCUT2D eigenvalue weighted by Gasteiger charge is -2.34. The summed E-state index contributed by atoms with van der Waals surface area (Å²) in [6.07, 6.45) is -1.81. The second-order valence-corrected chi connectivity index (χ2v) is 9.81. The predicted molar refractivity (Wildman–Crippen MR) is 110 cm³/mol. The van der Waals surface area contributed by atoms with Gasteiger partial charge in [-0.25, -0.2) is 18.0 Å². The van der Waals surface area contributed by atoms with Gasteiger partial charge in [0, 0.05) is 26.2 Å². The zero-order valence-corrected chi connectivity index (χ0v) is 18.9. The highest BCUT2D eigenvalue weighted by Crippen LogP contribution is 2.28. The van der Waals surface area contributed by atoms with E-state index < -0.39 is 34.0 Å². The number of morpholine rings is 1. The molecule has 3 amide bonds. The molecular weight excluding hydrogens is 450 g/mol. The molecule has 1 N–H and O–H groups in total. The Morgan fingerprint density at radius 3 is 2.48 bits per heavy atom. The number of halogens is 1. The van der Waals surface area contributed by atoms with Crippen molar-refractivity contribution < 1.29 is 32.3 Å². The molecule has 0 saturated carbocycles. The maximum Gasteiger partial charge on any atom is 0.338 e. The number of nitrogens with zero attached hydrogens (tertiary/aromatic N) is 2. The summed E-state index contributed by atoms with van der Waals surface area (Å²) in [5.74, 6) is -1.57. The van der Waals surface area contributed by atoms with E-state index in [0.717, 1.165) is 11.0 Å². The van der Waals surface area contributed by atoms with Gasteiger partial charge in [0.25, 0.3) is 5.91 Å². The molecule has 0 aliphatic carbocycles. The Morgan fingerprint density at radius 2 is 1.90 bits per heavy atom. The summed E-state index contributed by atoms with van der Waals surface area (Å²) in [4.78, 5) is 37.2. The molecule has 0 radical (unpaired) electrons. The minimum absolute atomic E-state index is 0.0405. The molecule has 1 aromatic rings. The standard InChI is InChI=1S/C19H24ClN3O7S/c1-11-9-22(10-12(2)29-11)31(27,28)16-8-14(4-5-15(16)20)18(25)30-13(3)17(24)23-7-6-21-19(23)26/h4-5,8,11-13H,6-7,9-10H2,1-3H3,(H,21,26)/t11-,12-,13+/m1/s1. The molecule has 3 rings (SSSR count). The molecule has 0 spiro atoms. The minimum atomic E-state index is -3.99. The Labute approximate surface area is 185 Å². The van der Waals surface area contributed by atoms with E-state index in [9.17, 15) is 22.8 Å². The third-order valence-corrected chi connectivity index (χ3v) is 7.24. The van der Waals surface area contributed by atoms with Crippen molar-refractivity contribution in [3.05, 3.63) is 28.8 Å². The molecule has 2 fully saturated rings. The number of carbonyl (C=O) groups is 3. The van der Waals surface area contributed by atoms with E-state index >= 15 is 0 Å². The van der Waals surface area contributed by atoms with Crippen LogP contribution in [-0.4, -0.2) is 80.0 Å². The highest BCUT2D eigenvalue weighted by molar-refractivity contribution is 7.89. The Bertz CT molecular complexity index is 990. The van der Waals surface area contributed by atoms with Crippen LogP contribution in [0.3, 0.4) is 0 Å². The number of sulfonamides is 1. The van der Waals surface area contributed by atoms with Crippen molar-refractivity contribution in [2.45, 2.75) is 44.0 Å².